The molecule has 0 aliphatic carbocycles. The highest BCUT2D eigenvalue weighted by Gasteiger charge is 2.23. The van der Waals surface area contributed by atoms with Crippen LogP contribution in [0.5, 0.6) is 11.5 Å². The molecule has 1 N–H and O–H groups in total. The number of methoxy groups -OCH3 is 2. The van der Waals surface area contributed by atoms with Crippen molar-refractivity contribution in [3.8, 4) is 11.5 Å². The Morgan fingerprint density at radius 1 is 1.25 bits per heavy atom. The number of rotatable bonds is 3. The average molecular weight is 292 g/mol. The van der Waals surface area contributed by atoms with Gasteiger partial charge < -0.3 is 14.9 Å². The van der Waals surface area contributed by atoms with Gasteiger partial charge in [0.05, 0.1) is 20.3 Å². The van der Waals surface area contributed by atoms with Gasteiger partial charge in [0.2, 0.25) is 5.16 Å². The van der Waals surface area contributed by atoms with Crippen LogP contribution in [0.1, 0.15) is 17.4 Å². The van der Waals surface area contributed by atoms with Crippen LogP contribution in [0.2, 0.25) is 0 Å². The monoisotopic (exact) mass is 292 g/mol. The Morgan fingerprint density at radius 2 is 2.05 bits per heavy atom. The van der Waals surface area contributed by atoms with Crippen LogP contribution in [0.25, 0.3) is 0 Å². The van der Waals surface area contributed by atoms with Gasteiger partial charge in [-0.1, -0.05) is 17.8 Å². The van der Waals surface area contributed by atoms with Crippen molar-refractivity contribution in [1.29, 1.82) is 0 Å². The smallest absolute Gasteiger partial charge is 0.210 e. The summed E-state index contributed by atoms with van der Waals surface area (Å²) in [4.78, 5) is 0. The van der Waals surface area contributed by atoms with Crippen molar-refractivity contribution in [2.24, 2.45) is 0 Å². The van der Waals surface area contributed by atoms with Crippen LogP contribution in [0.4, 0.5) is 0 Å². The van der Waals surface area contributed by atoms with Crippen molar-refractivity contribution in [2.45, 2.75) is 18.1 Å². The molecule has 1 aliphatic rings. The van der Waals surface area contributed by atoms with E-state index in [2.05, 4.69) is 15.6 Å². The first-order valence-electron chi connectivity index (χ1n) is 6.26. The Kier molecular flexibility index (Phi) is 3.43. The Hall–Kier alpha value is -1.89. The molecule has 0 spiro atoms. The number of fused-ring (bicyclic) bond motifs is 1. The summed E-state index contributed by atoms with van der Waals surface area (Å²) in [6.45, 7) is 1.93. The molecule has 0 saturated heterocycles. The first-order valence-corrected chi connectivity index (χ1v) is 7.24. The Labute approximate surface area is 121 Å². The van der Waals surface area contributed by atoms with Crippen molar-refractivity contribution < 1.29 is 9.47 Å². The second kappa shape index (κ2) is 5.24. The van der Waals surface area contributed by atoms with Gasteiger partial charge in [-0.25, -0.2) is 4.68 Å². The van der Waals surface area contributed by atoms with Gasteiger partial charge in [0.1, 0.15) is 5.82 Å². The maximum atomic E-state index is 5.35. The Bertz CT molecular complexity index is 629. The summed E-state index contributed by atoms with van der Waals surface area (Å²) in [6.07, 6.45) is 0. The normalized spacial score (nSPS) is 17.2. The summed E-state index contributed by atoms with van der Waals surface area (Å²) < 4.78 is 12.5. The Balaban J connectivity index is 1.89. The third kappa shape index (κ3) is 2.18. The number of aromatic nitrogens is 3. The maximum absolute atomic E-state index is 5.35. The highest BCUT2D eigenvalue weighted by atomic mass is 32.2. The van der Waals surface area contributed by atoms with E-state index in [1.54, 1.807) is 26.0 Å². The molecule has 1 aromatic carbocycles. The molecule has 0 radical (unpaired) electrons. The van der Waals surface area contributed by atoms with Crippen LogP contribution in [0.3, 0.4) is 0 Å². The van der Waals surface area contributed by atoms with Crippen LogP contribution in [-0.2, 0) is 0 Å². The van der Waals surface area contributed by atoms with E-state index in [9.17, 15) is 0 Å². The summed E-state index contributed by atoms with van der Waals surface area (Å²) in [5.41, 5.74) is 4.57. The highest BCUT2D eigenvalue weighted by Crippen LogP contribution is 2.34. The molecule has 1 aromatic heterocycles. The predicted octanol–water partition coefficient (Wildman–Crippen LogP) is 1.99. The lowest BCUT2D eigenvalue weighted by Crippen LogP contribution is -2.28. The van der Waals surface area contributed by atoms with Crippen LogP contribution in [-0.4, -0.2) is 34.8 Å². The summed E-state index contributed by atoms with van der Waals surface area (Å²) in [5, 5.41) is 9.09. The summed E-state index contributed by atoms with van der Waals surface area (Å²) in [5.74, 6) is 3.23. The molecule has 0 fully saturated rings. The van der Waals surface area contributed by atoms with E-state index < -0.39 is 0 Å². The average Bonchev–Trinajstić information content (AvgIpc) is 2.87. The van der Waals surface area contributed by atoms with Gasteiger partial charge in [0, 0.05) is 5.75 Å². The van der Waals surface area contributed by atoms with E-state index in [-0.39, 0.29) is 6.04 Å². The fraction of sp³-hybridized carbons (Fsp3) is 0.385. The van der Waals surface area contributed by atoms with Crippen LogP contribution in [0.15, 0.2) is 23.4 Å². The molecule has 1 unspecified atom stereocenters. The minimum Gasteiger partial charge on any atom is -0.493 e. The summed E-state index contributed by atoms with van der Waals surface area (Å²) in [6, 6.07) is 6.16. The van der Waals surface area contributed by atoms with E-state index in [1.807, 2.05) is 29.8 Å². The molecule has 3 rings (SSSR count). The maximum Gasteiger partial charge on any atom is 0.210 e. The zero-order chi connectivity index (χ0) is 14.1. The zero-order valence-electron chi connectivity index (χ0n) is 11.6. The largest absolute Gasteiger partial charge is 0.493 e. The predicted molar refractivity (Wildman–Crippen MR) is 77.1 cm³/mol. The Morgan fingerprint density at radius 3 is 2.80 bits per heavy atom. The van der Waals surface area contributed by atoms with Crippen LogP contribution < -0.4 is 14.9 Å². The van der Waals surface area contributed by atoms with Crippen LogP contribution >= 0.6 is 11.8 Å². The number of benzene rings is 1. The standard InChI is InChI=1S/C13H16N4O2S/c1-8-14-15-13-17(8)16-10(7-20-13)9-4-5-11(18-2)12(6-9)19-3/h4-6,10,16H,7H2,1-3H3. The topological polar surface area (TPSA) is 61.2 Å². The number of hydrogen-bond acceptors (Lipinski definition) is 6. The lowest BCUT2D eigenvalue weighted by Gasteiger charge is -2.26. The second-order valence-corrected chi connectivity index (χ2v) is 5.46. The lowest BCUT2D eigenvalue weighted by molar-refractivity contribution is 0.354. The van der Waals surface area contributed by atoms with Gasteiger partial charge in [0.25, 0.3) is 0 Å². The van der Waals surface area contributed by atoms with E-state index in [0.29, 0.717) is 0 Å². The fourth-order valence-corrected chi connectivity index (χ4v) is 3.17. The van der Waals surface area contributed by atoms with Gasteiger partial charge in [-0.2, -0.15) is 0 Å². The second-order valence-electron chi connectivity index (χ2n) is 4.47. The third-order valence-corrected chi connectivity index (χ3v) is 4.29. The van der Waals surface area contributed by atoms with Crippen LogP contribution in [0, 0.1) is 6.92 Å². The number of thioether (sulfide) groups is 1. The lowest BCUT2D eigenvalue weighted by atomic mass is 10.1. The van der Waals surface area contributed by atoms with E-state index >= 15 is 0 Å². The number of nitrogens with zero attached hydrogens (tertiary/aromatic N) is 3. The molecule has 1 atom stereocenters. The van der Waals surface area contributed by atoms with Gasteiger partial charge in [-0.15, -0.1) is 10.2 Å². The molecule has 6 nitrogen and oxygen atoms in total. The van der Waals surface area contributed by atoms with Gasteiger partial charge in [0.15, 0.2) is 11.5 Å². The van der Waals surface area contributed by atoms with Crippen molar-refractivity contribution in [3.05, 3.63) is 29.6 Å². The summed E-state index contributed by atoms with van der Waals surface area (Å²) in [7, 11) is 3.28. The van der Waals surface area contributed by atoms with Gasteiger partial charge in [-0.05, 0) is 24.6 Å². The molecule has 0 bridgehead atoms. The van der Waals surface area contributed by atoms with E-state index in [4.69, 9.17) is 9.47 Å². The molecule has 2 aromatic rings. The molecular weight excluding hydrogens is 276 g/mol. The highest BCUT2D eigenvalue weighted by molar-refractivity contribution is 7.99. The SMILES string of the molecule is COc1ccc(C2CSc3nnc(C)n3N2)cc1OC. The molecular formula is C13H16N4O2S. The number of aryl methyl sites for hydroxylation is 1. The van der Waals surface area contributed by atoms with Crippen molar-refractivity contribution in [1.82, 2.24) is 14.9 Å². The first kappa shape index (κ1) is 13.1. The third-order valence-electron chi connectivity index (χ3n) is 3.27. The molecule has 0 amide bonds. The van der Waals surface area contributed by atoms with Crippen molar-refractivity contribution >= 4 is 11.8 Å². The molecule has 106 valence electrons. The van der Waals surface area contributed by atoms with E-state index in [0.717, 1.165) is 33.8 Å². The number of ether oxygens (including phenoxy) is 2. The molecule has 7 heteroatoms. The number of hydrogen-bond donors (Lipinski definition) is 1. The molecule has 0 saturated carbocycles. The quantitative estimate of drug-likeness (QED) is 0.933. The minimum atomic E-state index is 0.182. The van der Waals surface area contributed by atoms with Gasteiger partial charge in [-0.3, -0.25) is 0 Å². The fourth-order valence-electron chi connectivity index (χ4n) is 2.18. The zero-order valence-corrected chi connectivity index (χ0v) is 12.4. The first-order chi connectivity index (χ1) is 9.72. The van der Waals surface area contributed by atoms with Crippen molar-refractivity contribution in [3.63, 3.8) is 0 Å². The van der Waals surface area contributed by atoms with Gasteiger partial charge >= 0.3 is 0 Å². The molecule has 1 aliphatic heterocycles. The summed E-state index contributed by atoms with van der Waals surface area (Å²) >= 11 is 1.69. The molecule has 2 heterocycles. The van der Waals surface area contributed by atoms with E-state index in [1.165, 1.54) is 0 Å². The van der Waals surface area contributed by atoms with Crippen molar-refractivity contribution in [2.75, 3.05) is 25.4 Å². The minimum absolute atomic E-state index is 0.182. The number of nitrogens with one attached hydrogen (secondary N) is 1. The molecule has 20 heavy (non-hydrogen) atoms.